The minimum absolute atomic E-state index is 0.276. The Hall–Kier alpha value is -0.510. The highest BCUT2D eigenvalue weighted by atomic mass is 14.3. The van der Waals surface area contributed by atoms with Gasteiger partial charge in [0.05, 0.1) is 6.07 Å². The van der Waals surface area contributed by atoms with Crippen LogP contribution in [0.4, 0.5) is 0 Å². The summed E-state index contributed by atoms with van der Waals surface area (Å²) in [6.45, 7) is 9.10. The molecule has 1 unspecified atom stereocenters. The SMILES string of the molecule is CCCCCCCCC(C#N)CC(C)(C)CCC. The highest BCUT2D eigenvalue weighted by molar-refractivity contribution is 4.87. The van der Waals surface area contributed by atoms with Gasteiger partial charge in [-0.05, 0) is 24.7 Å². The molecule has 0 saturated heterocycles. The number of hydrogen-bond donors (Lipinski definition) is 0. The maximum atomic E-state index is 9.25. The molecule has 0 aromatic rings. The van der Waals surface area contributed by atoms with Gasteiger partial charge in [-0.2, -0.15) is 5.26 Å². The highest BCUT2D eigenvalue weighted by Crippen LogP contribution is 2.32. The molecule has 0 heterocycles. The van der Waals surface area contributed by atoms with E-state index in [4.69, 9.17) is 0 Å². The molecular weight excluding hydrogens is 218 g/mol. The Kier molecular flexibility index (Phi) is 10.1. The Morgan fingerprint density at radius 2 is 1.56 bits per heavy atom. The van der Waals surface area contributed by atoms with E-state index in [2.05, 4.69) is 33.8 Å². The lowest BCUT2D eigenvalue weighted by Gasteiger charge is -2.26. The Bertz CT molecular complexity index is 224. The lowest BCUT2D eigenvalue weighted by atomic mass is 9.78. The summed E-state index contributed by atoms with van der Waals surface area (Å²) in [5.41, 5.74) is 0.345. The third-order valence-electron chi connectivity index (χ3n) is 3.81. The molecule has 0 radical (unpaired) electrons. The van der Waals surface area contributed by atoms with Crippen molar-refractivity contribution in [1.82, 2.24) is 0 Å². The van der Waals surface area contributed by atoms with Gasteiger partial charge in [0.1, 0.15) is 0 Å². The van der Waals surface area contributed by atoms with Crippen molar-refractivity contribution in [2.45, 2.75) is 91.9 Å². The lowest BCUT2D eigenvalue weighted by Crippen LogP contribution is -2.16. The molecule has 0 aliphatic rings. The van der Waals surface area contributed by atoms with Crippen LogP contribution in [0.25, 0.3) is 0 Å². The van der Waals surface area contributed by atoms with Crippen LogP contribution in [-0.4, -0.2) is 0 Å². The van der Waals surface area contributed by atoms with Crippen LogP contribution in [0.5, 0.6) is 0 Å². The summed E-state index contributed by atoms with van der Waals surface area (Å²) in [6, 6.07) is 2.52. The zero-order chi connectivity index (χ0) is 13.9. The molecule has 0 spiro atoms. The molecule has 0 aromatic heterocycles. The first-order chi connectivity index (χ1) is 8.55. The molecule has 1 nitrogen and oxygen atoms in total. The zero-order valence-electron chi connectivity index (χ0n) is 13.1. The molecule has 0 aliphatic heterocycles. The van der Waals surface area contributed by atoms with Crippen molar-refractivity contribution in [2.24, 2.45) is 11.3 Å². The minimum Gasteiger partial charge on any atom is -0.198 e. The van der Waals surface area contributed by atoms with E-state index in [0.717, 1.165) is 12.8 Å². The second kappa shape index (κ2) is 10.4. The summed E-state index contributed by atoms with van der Waals surface area (Å²) in [4.78, 5) is 0. The van der Waals surface area contributed by atoms with Crippen LogP contribution < -0.4 is 0 Å². The maximum absolute atomic E-state index is 9.25. The molecule has 0 aliphatic carbocycles. The van der Waals surface area contributed by atoms with Crippen molar-refractivity contribution in [2.75, 3.05) is 0 Å². The van der Waals surface area contributed by atoms with E-state index in [1.54, 1.807) is 0 Å². The summed E-state index contributed by atoms with van der Waals surface area (Å²) in [5, 5.41) is 9.25. The fourth-order valence-electron chi connectivity index (χ4n) is 2.83. The van der Waals surface area contributed by atoms with E-state index in [-0.39, 0.29) is 5.92 Å². The van der Waals surface area contributed by atoms with Crippen LogP contribution in [0.3, 0.4) is 0 Å². The van der Waals surface area contributed by atoms with Crippen molar-refractivity contribution in [3.63, 3.8) is 0 Å². The molecule has 1 heteroatoms. The van der Waals surface area contributed by atoms with Crippen molar-refractivity contribution in [3.8, 4) is 6.07 Å². The van der Waals surface area contributed by atoms with Gasteiger partial charge in [-0.3, -0.25) is 0 Å². The average Bonchev–Trinajstić information content (AvgIpc) is 2.31. The van der Waals surface area contributed by atoms with Crippen molar-refractivity contribution < 1.29 is 0 Å². The van der Waals surface area contributed by atoms with Crippen LogP contribution in [0.2, 0.25) is 0 Å². The first-order valence-electron chi connectivity index (χ1n) is 7.95. The molecule has 0 amide bonds. The molecule has 0 rings (SSSR count). The van der Waals surface area contributed by atoms with Crippen molar-refractivity contribution in [3.05, 3.63) is 0 Å². The molecule has 0 bridgehead atoms. The topological polar surface area (TPSA) is 23.8 Å². The largest absolute Gasteiger partial charge is 0.198 e. The van der Waals surface area contributed by atoms with Crippen LogP contribution in [0, 0.1) is 22.7 Å². The monoisotopic (exact) mass is 251 g/mol. The standard InChI is InChI=1S/C17H33N/c1-5-7-8-9-10-11-12-16(15-18)14-17(3,4)13-6-2/h16H,5-14H2,1-4H3. The maximum Gasteiger partial charge on any atom is 0.0655 e. The number of rotatable bonds is 11. The molecule has 18 heavy (non-hydrogen) atoms. The van der Waals surface area contributed by atoms with Crippen LogP contribution >= 0.6 is 0 Å². The molecule has 106 valence electrons. The summed E-state index contributed by atoms with van der Waals surface area (Å²) in [6.07, 6.45) is 12.6. The number of nitrogens with zero attached hydrogens (tertiary/aromatic N) is 1. The number of unbranched alkanes of at least 4 members (excludes halogenated alkanes) is 5. The lowest BCUT2D eigenvalue weighted by molar-refractivity contribution is 0.261. The highest BCUT2D eigenvalue weighted by Gasteiger charge is 2.22. The fourth-order valence-corrected chi connectivity index (χ4v) is 2.83. The number of nitriles is 1. The van der Waals surface area contributed by atoms with Gasteiger partial charge in [-0.1, -0.05) is 72.6 Å². The van der Waals surface area contributed by atoms with Crippen molar-refractivity contribution >= 4 is 0 Å². The minimum atomic E-state index is 0.276. The zero-order valence-corrected chi connectivity index (χ0v) is 13.1. The third-order valence-corrected chi connectivity index (χ3v) is 3.81. The Morgan fingerprint density at radius 3 is 2.11 bits per heavy atom. The first kappa shape index (κ1) is 17.5. The smallest absolute Gasteiger partial charge is 0.0655 e. The average molecular weight is 251 g/mol. The van der Waals surface area contributed by atoms with Gasteiger partial charge < -0.3 is 0 Å². The summed E-state index contributed by atoms with van der Waals surface area (Å²) >= 11 is 0. The predicted molar refractivity (Wildman–Crippen MR) is 80.4 cm³/mol. The molecule has 0 N–H and O–H groups in total. The van der Waals surface area contributed by atoms with Gasteiger partial charge in [0.2, 0.25) is 0 Å². The first-order valence-corrected chi connectivity index (χ1v) is 7.95. The van der Waals surface area contributed by atoms with Gasteiger partial charge in [-0.25, -0.2) is 0 Å². The summed E-state index contributed by atoms with van der Waals surface area (Å²) < 4.78 is 0. The predicted octanol–water partition coefficient (Wildman–Crippen LogP) is 6.09. The molecule has 0 aromatic carbocycles. The Labute approximate surface area is 115 Å². The van der Waals surface area contributed by atoms with Gasteiger partial charge in [0, 0.05) is 5.92 Å². The van der Waals surface area contributed by atoms with Gasteiger partial charge in [0.15, 0.2) is 0 Å². The normalized spacial score (nSPS) is 13.3. The van der Waals surface area contributed by atoms with E-state index in [9.17, 15) is 5.26 Å². The fraction of sp³-hybridized carbons (Fsp3) is 0.941. The second-order valence-electron chi connectivity index (χ2n) is 6.50. The van der Waals surface area contributed by atoms with Crippen LogP contribution in [0.15, 0.2) is 0 Å². The van der Waals surface area contributed by atoms with Crippen LogP contribution in [-0.2, 0) is 0 Å². The van der Waals surface area contributed by atoms with E-state index in [1.807, 2.05) is 0 Å². The van der Waals surface area contributed by atoms with E-state index in [1.165, 1.54) is 51.4 Å². The molecule has 1 atom stereocenters. The van der Waals surface area contributed by atoms with E-state index < -0.39 is 0 Å². The summed E-state index contributed by atoms with van der Waals surface area (Å²) in [5.74, 6) is 0.276. The number of hydrogen-bond acceptors (Lipinski definition) is 1. The molecular formula is C17H33N. The third kappa shape index (κ3) is 9.51. The quantitative estimate of drug-likeness (QED) is 0.407. The van der Waals surface area contributed by atoms with E-state index >= 15 is 0 Å². The summed E-state index contributed by atoms with van der Waals surface area (Å²) in [7, 11) is 0. The van der Waals surface area contributed by atoms with Gasteiger partial charge in [0.25, 0.3) is 0 Å². The van der Waals surface area contributed by atoms with Crippen LogP contribution in [0.1, 0.15) is 91.9 Å². The Morgan fingerprint density at radius 1 is 0.944 bits per heavy atom. The molecule has 0 fully saturated rings. The second-order valence-corrected chi connectivity index (χ2v) is 6.50. The van der Waals surface area contributed by atoms with E-state index in [0.29, 0.717) is 5.41 Å². The molecule has 0 saturated carbocycles. The van der Waals surface area contributed by atoms with Crippen molar-refractivity contribution in [1.29, 1.82) is 5.26 Å². The van der Waals surface area contributed by atoms with Gasteiger partial charge >= 0.3 is 0 Å². The van der Waals surface area contributed by atoms with Gasteiger partial charge in [-0.15, -0.1) is 0 Å². The Balaban J connectivity index is 3.74.